The lowest BCUT2D eigenvalue weighted by Gasteiger charge is -2.37. The summed E-state index contributed by atoms with van der Waals surface area (Å²) in [5.41, 5.74) is 0. The van der Waals surface area contributed by atoms with Gasteiger partial charge in [0.25, 0.3) is 0 Å². The fourth-order valence-corrected chi connectivity index (χ4v) is 7.66. The van der Waals surface area contributed by atoms with E-state index in [1.807, 2.05) is 20.8 Å². The van der Waals surface area contributed by atoms with E-state index in [4.69, 9.17) is 13.3 Å². The van der Waals surface area contributed by atoms with Crippen LogP contribution in [0.15, 0.2) is 0 Å². The highest BCUT2D eigenvalue weighted by molar-refractivity contribution is 6.60. The number of nitrogens with zero attached hydrogens (tertiary/aromatic N) is 1. The molecule has 202 valence electrons. The van der Waals surface area contributed by atoms with Crippen molar-refractivity contribution in [1.82, 2.24) is 0 Å². The second kappa shape index (κ2) is 24.1. The van der Waals surface area contributed by atoms with Gasteiger partial charge in [0.2, 0.25) is 0 Å². The Bertz CT molecular complexity index is 383. The van der Waals surface area contributed by atoms with Crippen molar-refractivity contribution in [3.8, 4) is 0 Å². The summed E-state index contributed by atoms with van der Waals surface area (Å²) in [6.07, 6.45) is 23.5. The molecule has 33 heavy (non-hydrogen) atoms. The number of quaternary nitrogens is 1. The molecule has 0 amide bonds. The largest absolute Gasteiger partial charge is 1.00 e. The van der Waals surface area contributed by atoms with E-state index >= 15 is 0 Å². The van der Waals surface area contributed by atoms with Gasteiger partial charge in [-0.05, 0) is 33.6 Å². The molecule has 0 aliphatic carbocycles. The Morgan fingerprint density at radius 1 is 0.485 bits per heavy atom. The molecule has 0 heterocycles. The van der Waals surface area contributed by atoms with Crippen molar-refractivity contribution >= 4 is 8.80 Å². The molecule has 0 rings (SSSR count). The molecule has 0 aliphatic heterocycles. The molecule has 0 N–H and O–H groups in total. The van der Waals surface area contributed by atoms with Gasteiger partial charge < -0.3 is 30.2 Å². The molecular weight excluding hydrogens is 450 g/mol. The van der Waals surface area contributed by atoms with Gasteiger partial charge in [0, 0.05) is 19.8 Å². The van der Waals surface area contributed by atoms with E-state index in [0.717, 1.165) is 10.7 Å². The van der Waals surface area contributed by atoms with Crippen molar-refractivity contribution in [1.29, 1.82) is 0 Å². The van der Waals surface area contributed by atoms with Crippen molar-refractivity contribution in [3.63, 3.8) is 0 Å². The van der Waals surface area contributed by atoms with Gasteiger partial charge in [0.05, 0.1) is 20.6 Å². The Morgan fingerprint density at radius 2 is 0.788 bits per heavy atom. The maximum atomic E-state index is 6.06. The molecule has 0 radical (unpaired) electrons. The number of rotatable bonds is 25. The quantitative estimate of drug-likeness (QED) is 0.0993. The van der Waals surface area contributed by atoms with Crippen molar-refractivity contribution in [3.05, 3.63) is 0 Å². The van der Waals surface area contributed by atoms with Gasteiger partial charge in [0.1, 0.15) is 6.17 Å². The van der Waals surface area contributed by atoms with Gasteiger partial charge in [-0.25, -0.2) is 0 Å². The zero-order chi connectivity index (χ0) is 24.0. The van der Waals surface area contributed by atoms with Gasteiger partial charge in [0.15, 0.2) is 0 Å². The lowest BCUT2D eigenvalue weighted by molar-refractivity contribution is -0.883. The van der Waals surface area contributed by atoms with Gasteiger partial charge in [-0.1, -0.05) is 96.8 Å². The molecule has 0 fully saturated rings. The summed E-state index contributed by atoms with van der Waals surface area (Å²) in [7, 11) is 2.02. The van der Waals surface area contributed by atoms with E-state index in [2.05, 4.69) is 21.0 Å². The zero-order valence-corrected chi connectivity index (χ0v) is 25.2. The monoisotopic (exact) mass is 509 g/mol. The molecule has 6 heteroatoms. The van der Waals surface area contributed by atoms with Crippen molar-refractivity contribution < 1.29 is 30.2 Å². The minimum absolute atomic E-state index is 0. The minimum atomic E-state index is -2.57. The van der Waals surface area contributed by atoms with Crippen LogP contribution in [0.2, 0.25) is 0 Å². The number of hydrogen-bond acceptors (Lipinski definition) is 3. The molecule has 0 aromatic carbocycles. The molecule has 0 aromatic heterocycles. The van der Waals surface area contributed by atoms with Crippen LogP contribution in [0, 0.1) is 0 Å². The first-order chi connectivity index (χ1) is 15.4. The average Bonchev–Trinajstić information content (AvgIpc) is 2.73. The summed E-state index contributed by atoms with van der Waals surface area (Å²) in [6.45, 7) is 11.5. The van der Waals surface area contributed by atoms with E-state index in [-0.39, 0.29) is 12.4 Å². The summed E-state index contributed by atoms with van der Waals surface area (Å²) in [5, 5.41) is 0. The number of hydrogen-bond donors (Lipinski definition) is 0. The second-order valence-electron chi connectivity index (χ2n) is 10.1. The van der Waals surface area contributed by atoms with Crippen LogP contribution >= 0.6 is 0 Å². The van der Waals surface area contributed by atoms with E-state index < -0.39 is 8.80 Å². The predicted octanol–water partition coefficient (Wildman–Crippen LogP) is 4.92. The van der Waals surface area contributed by atoms with E-state index in [1.54, 1.807) is 0 Å². The van der Waals surface area contributed by atoms with Gasteiger partial charge in [-0.2, -0.15) is 0 Å². The summed E-state index contributed by atoms with van der Waals surface area (Å²) < 4.78 is 19.1. The highest BCUT2D eigenvalue weighted by atomic mass is 35.5. The first-order valence-electron chi connectivity index (χ1n) is 14.2. The molecule has 0 aromatic rings. The fourth-order valence-electron chi connectivity index (χ4n) is 4.61. The van der Waals surface area contributed by atoms with Crippen LogP contribution in [-0.4, -0.2) is 59.9 Å². The number of halogens is 1. The Labute approximate surface area is 215 Å². The Kier molecular flexibility index (Phi) is 25.9. The van der Waals surface area contributed by atoms with Crippen molar-refractivity contribution in [2.45, 2.75) is 130 Å². The fraction of sp³-hybridized carbons (Fsp3) is 1.00. The summed E-state index contributed by atoms with van der Waals surface area (Å²) in [5.74, 6) is 0. The molecular formula is C27H60ClNO3Si. The highest BCUT2D eigenvalue weighted by Crippen LogP contribution is 2.18. The summed E-state index contributed by atoms with van der Waals surface area (Å²) in [4.78, 5) is 0. The van der Waals surface area contributed by atoms with Crippen LogP contribution < -0.4 is 12.4 Å². The van der Waals surface area contributed by atoms with Crippen molar-refractivity contribution in [2.75, 3.05) is 46.6 Å². The molecule has 0 atom stereocenters. The molecule has 0 aliphatic rings. The third kappa shape index (κ3) is 21.4. The maximum Gasteiger partial charge on any atom is 0.559 e. The summed E-state index contributed by atoms with van der Waals surface area (Å²) >= 11 is 0. The smallest absolute Gasteiger partial charge is 0.559 e. The minimum Gasteiger partial charge on any atom is -1.00 e. The first-order valence-corrected chi connectivity index (χ1v) is 16.1. The predicted molar refractivity (Wildman–Crippen MR) is 142 cm³/mol. The Morgan fingerprint density at radius 3 is 1.09 bits per heavy atom. The van der Waals surface area contributed by atoms with Crippen LogP contribution in [0.3, 0.4) is 0 Å². The second-order valence-corrected chi connectivity index (χ2v) is 12.7. The van der Waals surface area contributed by atoms with Crippen LogP contribution in [0.4, 0.5) is 0 Å². The average molecular weight is 510 g/mol. The standard InChI is InChI=1S/C27H60NO3Si.ClH/c1-7-11-12-13-14-15-16-17-18-19-20-21-22-23-24-25-26-28(5,6)27-32(29-8-2,30-9-3)31-10-4;/h7-27H2,1-6H3;1H/q+1;/p-1. The third-order valence-corrected chi connectivity index (χ3v) is 9.76. The van der Waals surface area contributed by atoms with Crippen molar-refractivity contribution in [2.24, 2.45) is 0 Å². The van der Waals surface area contributed by atoms with Crippen LogP contribution in [0.5, 0.6) is 0 Å². The summed E-state index contributed by atoms with van der Waals surface area (Å²) in [6, 6.07) is 0. The molecule has 0 spiro atoms. The first kappa shape index (κ1) is 35.5. The van der Waals surface area contributed by atoms with Gasteiger partial charge in [-0.15, -0.1) is 0 Å². The molecule has 0 bridgehead atoms. The van der Waals surface area contributed by atoms with E-state index in [1.165, 1.54) is 109 Å². The van der Waals surface area contributed by atoms with E-state index in [9.17, 15) is 0 Å². The lowest BCUT2D eigenvalue weighted by atomic mass is 10.0. The number of unbranched alkanes of at least 4 members (excludes halogenated alkanes) is 15. The third-order valence-electron chi connectivity index (χ3n) is 6.33. The molecule has 4 nitrogen and oxygen atoms in total. The topological polar surface area (TPSA) is 27.7 Å². The van der Waals surface area contributed by atoms with E-state index in [0.29, 0.717) is 19.8 Å². The maximum absolute atomic E-state index is 6.06. The lowest BCUT2D eigenvalue weighted by Crippen LogP contribution is -3.00. The molecule has 0 saturated carbocycles. The van der Waals surface area contributed by atoms with Crippen LogP contribution in [0.1, 0.15) is 130 Å². The van der Waals surface area contributed by atoms with Gasteiger partial charge in [-0.3, -0.25) is 0 Å². The van der Waals surface area contributed by atoms with Crippen LogP contribution in [0.25, 0.3) is 0 Å². The normalized spacial score (nSPS) is 12.2. The molecule has 0 saturated heterocycles. The molecule has 0 unspecified atom stereocenters. The van der Waals surface area contributed by atoms with Crippen LogP contribution in [-0.2, 0) is 13.3 Å². The highest BCUT2D eigenvalue weighted by Gasteiger charge is 2.47. The Balaban J connectivity index is 0. The SMILES string of the molecule is CCCCCCCCCCCCCCCCCC[N+](C)(C)C[Si](OCC)(OCC)OCC.[Cl-]. The van der Waals surface area contributed by atoms with Gasteiger partial charge >= 0.3 is 8.80 Å². The Hall–Kier alpha value is 0.347. The zero-order valence-electron chi connectivity index (χ0n) is 23.4.